The van der Waals surface area contributed by atoms with Crippen LogP contribution in [0.15, 0.2) is 65.7 Å². The van der Waals surface area contributed by atoms with Crippen molar-refractivity contribution in [3.8, 4) is 23.0 Å². The van der Waals surface area contributed by atoms with E-state index in [0.717, 1.165) is 22.9 Å². The third kappa shape index (κ3) is 6.23. The number of nitrogens with one attached hydrogen (secondary N) is 2. The number of fused-ring (bicyclic) bond motifs is 2. The summed E-state index contributed by atoms with van der Waals surface area (Å²) in [6, 6.07) is 15.3. The minimum atomic E-state index is -0.177. The van der Waals surface area contributed by atoms with Gasteiger partial charge in [0.2, 0.25) is 0 Å². The van der Waals surface area contributed by atoms with Gasteiger partial charge < -0.3 is 34.1 Å². The first-order valence-electron chi connectivity index (χ1n) is 12.6. The Morgan fingerprint density at radius 3 is 2.56 bits per heavy atom. The molecule has 9 nitrogen and oxygen atoms in total. The Morgan fingerprint density at radius 2 is 1.82 bits per heavy atom. The third-order valence-corrected chi connectivity index (χ3v) is 6.87. The van der Waals surface area contributed by atoms with E-state index in [0.29, 0.717) is 72.0 Å². The number of aromatic amines is 1. The highest BCUT2D eigenvalue weighted by molar-refractivity contribution is 7.80. The molecule has 202 valence electrons. The van der Waals surface area contributed by atoms with E-state index >= 15 is 0 Å². The topological polar surface area (TPSA) is 97.9 Å². The average Bonchev–Trinajstić information content (AvgIpc) is 2.96. The Hall–Kier alpha value is -4.31. The van der Waals surface area contributed by atoms with Crippen LogP contribution >= 0.6 is 12.2 Å². The van der Waals surface area contributed by atoms with Gasteiger partial charge in [-0.2, -0.15) is 0 Å². The fraction of sp³-hybridized carbons (Fsp3) is 0.276. The number of ether oxygens (including phenoxy) is 4. The average molecular weight is 547 g/mol. The number of nitrogens with zero attached hydrogens (tertiary/aromatic N) is 2. The predicted octanol–water partition coefficient (Wildman–Crippen LogP) is 3.83. The Balaban J connectivity index is 1.34. The second-order valence-corrected chi connectivity index (χ2v) is 9.48. The Bertz CT molecular complexity index is 1530. The maximum Gasteiger partial charge on any atom is 0.253 e. The molecule has 0 saturated carbocycles. The first-order chi connectivity index (χ1) is 19.0. The van der Waals surface area contributed by atoms with Crippen molar-refractivity contribution in [1.82, 2.24) is 20.2 Å². The molecule has 1 aliphatic rings. The number of H-pyrrole nitrogens is 1. The van der Waals surface area contributed by atoms with Crippen LogP contribution < -0.4 is 29.8 Å². The molecule has 0 atom stereocenters. The standard InChI is InChI=1S/C29H30N4O5S/c1-35-24-6-5-19(12-25(24)36-2)7-9-31-29(39)33(17-20-4-3-8-30-16-20)18-22-13-21-14-26-27(38-11-10-37-26)15-23(21)32-28(22)34/h3-6,8,12-16H,7,9-11,17-18H2,1-2H3,(H,31,39)(H,32,34). The zero-order chi connectivity index (χ0) is 27.2. The number of rotatable bonds is 9. The van der Waals surface area contributed by atoms with Gasteiger partial charge in [-0.25, -0.2) is 0 Å². The van der Waals surface area contributed by atoms with Gasteiger partial charge in [0.25, 0.3) is 5.56 Å². The summed E-state index contributed by atoms with van der Waals surface area (Å²) in [6.07, 6.45) is 4.26. The summed E-state index contributed by atoms with van der Waals surface area (Å²) in [5.74, 6) is 2.68. The molecule has 5 rings (SSSR count). The fourth-order valence-corrected chi connectivity index (χ4v) is 4.72. The van der Waals surface area contributed by atoms with Gasteiger partial charge >= 0.3 is 0 Å². The number of aromatic nitrogens is 2. The van der Waals surface area contributed by atoms with Crippen molar-refractivity contribution in [1.29, 1.82) is 0 Å². The van der Waals surface area contributed by atoms with E-state index in [-0.39, 0.29) is 5.56 Å². The van der Waals surface area contributed by atoms with Crippen LogP contribution in [0.3, 0.4) is 0 Å². The van der Waals surface area contributed by atoms with Crippen LogP contribution in [0, 0.1) is 0 Å². The summed E-state index contributed by atoms with van der Waals surface area (Å²) in [4.78, 5) is 22.3. The molecule has 0 saturated heterocycles. The van der Waals surface area contributed by atoms with Crippen molar-refractivity contribution in [2.75, 3.05) is 34.0 Å². The van der Waals surface area contributed by atoms with Crippen molar-refractivity contribution in [2.45, 2.75) is 19.5 Å². The monoisotopic (exact) mass is 546 g/mol. The first-order valence-corrected chi connectivity index (χ1v) is 13.0. The highest BCUT2D eigenvalue weighted by Crippen LogP contribution is 2.33. The van der Waals surface area contributed by atoms with Gasteiger partial charge in [-0.05, 0) is 60.1 Å². The minimum Gasteiger partial charge on any atom is -0.493 e. The Morgan fingerprint density at radius 1 is 1.03 bits per heavy atom. The van der Waals surface area contributed by atoms with Gasteiger partial charge in [-0.1, -0.05) is 12.1 Å². The van der Waals surface area contributed by atoms with Crippen LogP contribution in [0.2, 0.25) is 0 Å². The van der Waals surface area contributed by atoms with Crippen LogP contribution in [-0.2, 0) is 19.5 Å². The van der Waals surface area contributed by atoms with E-state index in [1.807, 2.05) is 53.4 Å². The first kappa shape index (κ1) is 26.3. The number of benzene rings is 2. The number of hydrogen-bond donors (Lipinski definition) is 2. The number of thiocarbonyl (C=S) groups is 1. The smallest absolute Gasteiger partial charge is 0.253 e. The summed E-state index contributed by atoms with van der Waals surface area (Å²) < 4.78 is 22.1. The maximum absolute atomic E-state index is 13.1. The maximum atomic E-state index is 13.1. The summed E-state index contributed by atoms with van der Waals surface area (Å²) in [5.41, 5.74) is 3.18. The molecule has 2 aromatic heterocycles. The number of methoxy groups -OCH3 is 2. The van der Waals surface area contributed by atoms with Gasteiger partial charge in [0.15, 0.2) is 28.1 Å². The van der Waals surface area contributed by atoms with Gasteiger partial charge in [0.1, 0.15) is 13.2 Å². The molecule has 1 aliphatic heterocycles. The lowest BCUT2D eigenvalue weighted by atomic mass is 10.1. The van der Waals surface area contributed by atoms with Crippen LogP contribution in [0.4, 0.5) is 0 Å². The molecule has 0 bridgehead atoms. The largest absolute Gasteiger partial charge is 0.493 e. The lowest BCUT2D eigenvalue weighted by Gasteiger charge is -2.26. The quantitative estimate of drug-likeness (QED) is 0.304. The number of pyridine rings is 2. The molecule has 3 heterocycles. The van der Waals surface area contributed by atoms with E-state index in [2.05, 4.69) is 15.3 Å². The Kier molecular flexibility index (Phi) is 8.12. The van der Waals surface area contributed by atoms with Crippen molar-refractivity contribution in [3.05, 3.63) is 88.0 Å². The lowest BCUT2D eigenvalue weighted by molar-refractivity contribution is 0.172. The van der Waals surface area contributed by atoms with Crippen molar-refractivity contribution in [3.63, 3.8) is 0 Å². The summed E-state index contributed by atoms with van der Waals surface area (Å²) in [7, 11) is 3.24. The zero-order valence-electron chi connectivity index (χ0n) is 21.9. The predicted molar refractivity (Wildman–Crippen MR) is 153 cm³/mol. The Labute approximate surface area is 231 Å². The second-order valence-electron chi connectivity index (χ2n) is 9.10. The normalized spacial score (nSPS) is 12.2. The molecule has 10 heteroatoms. The molecule has 0 spiro atoms. The van der Waals surface area contributed by atoms with E-state index in [9.17, 15) is 4.79 Å². The van der Waals surface area contributed by atoms with Crippen molar-refractivity contribution >= 4 is 28.2 Å². The van der Waals surface area contributed by atoms with Crippen molar-refractivity contribution < 1.29 is 18.9 Å². The molecule has 39 heavy (non-hydrogen) atoms. The van der Waals surface area contributed by atoms with Gasteiger partial charge in [-0.3, -0.25) is 9.78 Å². The molecular weight excluding hydrogens is 516 g/mol. The molecule has 0 aliphatic carbocycles. The molecule has 4 aromatic rings. The number of hydrogen-bond acceptors (Lipinski definition) is 7. The molecular formula is C29H30N4O5S. The molecule has 0 unspecified atom stereocenters. The van der Waals surface area contributed by atoms with E-state index < -0.39 is 0 Å². The van der Waals surface area contributed by atoms with Crippen LogP contribution in [0.25, 0.3) is 10.9 Å². The van der Waals surface area contributed by atoms with E-state index in [4.69, 9.17) is 31.2 Å². The van der Waals surface area contributed by atoms with Crippen LogP contribution in [0.5, 0.6) is 23.0 Å². The SMILES string of the molecule is COc1ccc(CCNC(=S)N(Cc2cccnc2)Cc2cc3cc4c(cc3[nH]c2=O)OCCO4)cc1OC. The second kappa shape index (κ2) is 12.0. The van der Waals surface area contributed by atoms with Crippen LogP contribution in [0.1, 0.15) is 16.7 Å². The zero-order valence-corrected chi connectivity index (χ0v) is 22.7. The third-order valence-electron chi connectivity index (χ3n) is 6.47. The lowest BCUT2D eigenvalue weighted by Crippen LogP contribution is -2.40. The van der Waals surface area contributed by atoms with Crippen molar-refractivity contribution in [2.24, 2.45) is 0 Å². The summed E-state index contributed by atoms with van der Waals surface area (Å²) in [6.45, 7) is 2.40. The molecule has 2 N–H and O–H groups in total. The molecule has 0 radical (unpaired) electrons. The minimum absolute atomic E-state index is 0.177. The van der Waals surface area contributed by atoms with Crippen LogP contribution in [-0.4, -0.2) is 54.0 Å². The molecule has 0 fully saturated rings. The molecule has 2 aromatic carbocycles. The molecule has 0 amide bonds. The van der Waals surface area contributed by atoms with Gasteiger partial charge in [0, 0.05) is 42.5 Å². The fourth-order valence-electron chi connectivity index (χ4n) is 4.48. The van der Waals surface area contributed by atoms with Gasteiger partial charge in [-0.15, -0.1) is 0 Å². The van der Waals surface area contributed by atoms with Gasteiger partial charge in [0.05, 0.1) is 26.3 Å². The van der Waals surface area contributed by atoms with E-state index in [1.54, 1.807) is 26.6 Å². The highest BCUT2D eigenvalue weighted by Gasteiger charge is 2.17. The highest BCUT2D eigenvalue weighted by atomic mass is 32.1. The summed E-state index contributed by atoms with van der Waals surface area (Å²) in [5, 5.41) is 4.76. The summed E-state index contributed by atoms with van der Waals surface area (Å²) >= 11 is 5.80. The van der Waals surface area contributed by atoms with E-state index in [1.165, 1.54) is 0 Å².